The summed E-state index contributed by atoms with van der Waals surface area (Å²) in [4.78, 5) is 13.4. The smallest absolute Gasteiger partial charge is 0.289 e. The molecule has 0 amide bonds. The van der Waals surface area contributed by atoms with E-state index in [-0.39, 0.29) is 5.56 Å². The van der Waals surface area contributed by atoms with Crippen LogP contribution in [0, 0.1) is 0 Å². The van der Waals surface area contributed by atoms with Crippen molar-refractivity contribution in [2.24, 2.45) is 0 Å². The molecule has 70 valence electrons. The predicted molar refractivity (Wildman–Crippen MR) is 51.3 cm³/mol. The summed E-state index contributed by atoms with van der Waals surface area (Å²) in [6.45, 7) is 1.82. The van der Waals surface area contributed by atoms with Crippen molar-refractivity contribution in [3.05, 3.63) is 21.6 Å². The second-order valence-corrected chi connectivity index (χ2v) is 3.50. The number of hydrogen-bond acceptors (Lipinski definition) is 3. The maximum Gasteiger partial charge on any atom is 0.289 e. The minimum absolute atomic E-state index is 0.200. The lowest BCUT2D eigenvalue weighted by Gasteiger charge is -2.16. The van der Waals surface area contributed by atoms with E-state index in [4.69, 9.17) is 11.6 Å². The Morgan fingerprint density at radius 3 is 2.77 bits per heavy atom. The molecule has 0 atom stereocenters. The van der Waals surface area contributed by atoms with Crippen LogP contribution < -0.4 is 10.5 Å². The van der Waals surface area contributed by atoms with Gasteiger partial charge in [0.2, 0.25) is 0 Å². The van der Waals surface area contributed by atoms with E-state index in [1.165, 1.54) is 6.20 Å². The number of hydrogen-bond donors (Lipinski definition) is 1. The molecule has 1 aromatic rings. The van der Waals surface area contributed by atoms with E-state index in [1.807, 2.05) is 4.90 Å². The first kappa shape index (κ1) is 8.56. The topological polar surface area (TPSA) is 49.0 Å². The minimum atomic E-state index is -0.200. The van der Waals surface area contributed by atoms with Crippen LogP contribution in [-0.2, 0) is 0 Å². The molecule has 1 fully saturated rings. The van der Waals surface area contributed by atoms with Crippen LogP contribution >= 0.6 is 11.6 Å². The minimum Gasteiger partial charge on any atom is -0.366 e. The zero-order valence-electron chi connectivity index (χ0n) is 7.09. The van der Waals surface area contributed by atoms with E-state index in [9.17, 15) is 4.79 Å². The van der Waals surface area contributed by atoms with Gasteiger partial charge in [-0.15, -0.1) is 0 Å². The molecule has 5 heteroatoms. The third-order valence-corrected chi connectivity index (χ3v) is 2.48. The first-order chi connectivity index (χ1) is 6.29. The summed E-state index contributed by atoms with van der Waals surface area (Å²) < 4.78 is 0. The van der Waals surface area contributed by atoms with E-state index in [0.29, 0.717) is 10.7 Å². The molecule has 0 aromatic carbocycles. The fraction of sp³-hybridized carbons (Fsp3) is 0.500. The van der Waals surface area contributed by atoms with Gasteiger partial charge >= 0.3 is 0 Å². The molecule has 1 N–H and O–H groups in total. The maximum absolute atomic E-state index is 11.4. The molecule has 2 rings (SSSR count). The molecule has 1 aromatic heterocycles. The van der Waals surface area contributed by atoms with Crippen molar-refractivity contribution in [3.63, 3.8) is 0 Å². The van der Waals surface area contributed by atoms with Crippen LogP contribution in [0.5, 0.6) is 0 Å². The third-order valence-electron chi connectivity index (χ3n) is 2.21. The number of nitrogens with one attached hydrogen (secondary N) is 1. The maximum atomic E-state index is 11.4. The number of H-pyrrole nitrogens is 1. The summed E-state index contributed by atoms with van der Waals surface area (Å²) in [5.41, 5.74) is 0.364. The molecule has 1 aliphatic rings. The van der Waals surface area contributed by atoms with Crippen LogP contribution in [0.25, 0.3) is 0 Å². The number of anilines is 1. The van der Waals surface area contributed by atoms with Crippen LogP contribution in [0.1, 0.15) is 12.8 Å². The second kappa shape index (κ2) is 3.38. The molecule has 0 bridgehead atoms. The van der Waals surface area contributed by atoms with E-state index < -0.39 is 0 Å². The van der Waals surface area contributed by atoms with Gasteiger partial charge in [-0.05, 0) is 12.8 Å². The van der Waals surface area contributed by atoms with Crippen LogP contribution in [0.2, 0.25) is 5.02 Å². The summed E-state index contributed by atoms with van der Waals surface area (Å²) in [6, 6.07) is 0. The Bertz CT molecular complexity index is 357. The van der Waals surface area contributed by atoms with Gasteiger partial charge in [0.25, 0.3) is 5.56 Å². The molecular weight excluding hydrogens is 190 g/mol. The Morgan fingerprint density at radius 1 is 1.46 bits per heavy atom. The van der Waals surface area contributed by atoms with E-state index >= 15 is 0 Å². The van der Waals surface area contributed by atoms with Crippen molar-refractivity contribution < 1.29 is 0 Å². The highest BCUT2D eigenvalue weighted by atomic mass is 35.5. The number of halogens is 1. The third kappa shape index (κ3) is 1.54. The lowest BCUT2D eigenvalue weighted by molar-refractivity contribution is 0.913. The molecule has 0 saturated carbocycles. The van der Waals surface area contributed by atoms with Crippen molar-refractivity contribution in [1.29, 1.82) is 0 Å². The Hall–Kier alpha value is -1.03. The number of aromatic amines is 1. The quantitative estimate of drug-likeness (QED) is 0.735. The van der Waals surface area contributed by atoms with Gasteiger partial charge in [0, 0.05) is 13.1 Å². The summed E-state index contributed by atoms with van der Waals surface area (Å²) >= 11 is 5.89. The van der Waals surface area contributed by atoms with Crippen LogP contribution in [0.3, 0.4) is 0 Å². The van der Waals surface area contributed by atoms with Gasteiger partial charge in [-0.25, -0.2) is 5.10 Å². The molecular formula is C8H10ClN3O. The number of aromatic nitrogens is 2. The molecule has 1 aliphatic heterocycles. The normalized spacial score (nSPS) is 16.5. The molecule has 0 radical (unpaired) electrons. The second-order valence-electron chi connectivity index (χ2n) is 3.09. The standard InChI is InChI=1S/C8H10ClN3O/c9-6-5-10-11-8(13)7(6)12-3-1-2-4-12/h5H,1-4H2,(H,11,13). The number of rotatable bonds is 1. The molecule has 0 aliphatic carbocycles. The monoisotopic (exact) mass is 199 g/mol. The van der Waals surface area contributed by atoms with Gasteiger partial charge in [-0.1, -0.05) is 11.6 Å². The van der Waals surface area contributed by atoms with Crippen molar-refractivity contribution in [1.82, 2.24) is 10.2 Å². The largest absolute Gasteiger partial charge is 0.366 e. The van der Waals surface area contributed by atoms with E-state index in [0.717, 1.165) is 25.9 Å². The van der Waals surface area contributed by atoms with Gasteiger partial charge in [-0.3, -0.25) is 4.79 Å². The lowest BCUT2D eigenvalue weighted by atomic mass is 10.4. The Kier molecular flexibility index (Phi) is 2.22. The average molecular weight is 200 g/mol. The first-order valence-electron chi connectivity index (χ1n) is 4.27. The zero-order chi connectivity index (χ0) is 9.26. The lowest BCUT2D eigenvalue weighted by Crippen LogP contribution is -2.26. The molecule has 1 saturated heterocycles. The average Bonchev–Trinajstić information content (AvgIpc) is 2.57. The van der Waals surface area contributed by atoms with Crippen molar-refractivity contribution >= 4 is 17.3 Å². The summed E-state index contributed by atoms with van der Waals surface area (Å²) in [7, 11) is 0. The molecule has 0 spiro atoms. The Morgan fingerprint density at radius 2 is 2.15 bits per heavy atom. The predicted octanol–water partition coefficient (Wildman–Crippen LogP) is 1.02. The molecule has 4 nitrogen and oxygen atoms in total. The van der Waals surface area contributed by atoms with Crippen LogP contribution in [0.15, 0.2) is 11.0 Å². The van der Waals surface area contributed by atoms with Gasteiger partial charge in [0.05, 0.1) is 11.2 Å². The van der Waals surface area contributed by atoms with Crippen molar-refractivity contribution in [2.45, 2.75) is 12.8 Å². The molecule has 13 heavy (non-hydrogen) atoms. The van der Waals surface area contributed by atoms with Crippen molar-refractivity contribution in [2.75, 3.05) is 18.0 Å². The first-order valence-corrected chi connectivity index (χ1v) is 4.65. The Labute approximate surface area is 80.5 Å². The molecule has 0 unspecified atom stereocenters. The van der Waals surface area contributed by atoms with Gasteiger partial charge in [-0.2, -0.15) is 5.10 Å². The van der Waals surface area contributed by atoms with E-state index in [2.05, 4.69) is 10.2 Å². The van der Waals surface area contributed by atoms with E-state index in [1.54, 1.807) is 0 Å². The fourth-order valence-electron chi connectivity index (χ4n) is 1.61. The van der Waals surface area contributed by atoms with Gasteiger partial charge in [0.15, 0.2) is 0 Å². The highest BCUT2D eigenvalue weighted by molar-refractivity contribution is 6.33. The highest BCUT2D eigenvalue weighted by Crippen LogP contribution is 2.23. The highest BCUT2D eigenvalue weighted by Gasteiger charge is 2.18. The fourth-order valence-corrected chi connectivity index (χ4v) is 1.86. The van der Waals surface area contributed by atoms with Crippen LogP contribution in [-0.4, -0.2) is 23.3 Å². The van der Waals surface area contributed by atoms with Crippen LogP contribution in [0.4, 0.5) is 5.69 Å². The summed E-state index contributed by atoms with van der Waals surface area (Å²) in [5, 5.41) is 6.44. The van der Waals surface area contributed by atoms with Gasteiger partial charge in [0.1, 0.15) is 5.69 Å². The number of nitrogens with zero attached hydrogens (tertiary/aromatic N) is 2. The summed E-state index contributed by atoms with van der Waals surface area (Å²) in [5.74, 6) is 0. The van der Waals surface area contributed by atoms with Gasteiger partial charge < -0.3 is 4.90 Å². The summed E-state index contributed by atoms with van der Waals surface area (Å²) in [6.07, 6.45) is 3.72. The van der Waals surface area contributed by atoms with Crippen molar-refractivity contribution in [3.8, 4) is 0 Å². The zero-order valence-corrected chi connectivity index (χ0v) is 7.84. The SMILES string of the molecule is O=c1[nH]ncc(Cl)c1N1CCCC1. The molecule has 2 heterocycles. The Balaban J connectivity index is 2.43.